The molecule has 4 heteroatoms. The van der Waals surface area contributed by atoms with Gasteiger partial charge in [0.2, 0.25) is 0 Å². The van der Waals surface area contributed by atoms with Crippen molar-refractivity contribution in [3.05, 3.63) is 28.8 Å². The highest BCUT2D eigenvalue weighted by Crippen LogP contribution is 2.30. The largest absolute Gasteiger partial charge is 0.392 e. The Morgan fingerprint density at radius 3 is 2.67 bits per heavy atom. The van der Waals surface area contributed by atoms with E-state index in [2.05, 4.69) is 0 Å². The Morgan fingerprint density at radius 1 is 1.47 bits per heavy atom. The second kappa shape index (κ2) is 5.54. The van der Waals surface area contributed by atoms with Gasteiger partial charge in [0.25, 0.3) is 0 Å². The van der Waals surface area contributed by atoms with Crippen LogP contribution in [0.25, 0.3) is 0 Å². The van der Waals surface area contributed by atoms with Crippen molar-refractivity contribution >= 4 is 29.6 Å². The number of halogens is 1. The van der Waals surface area contributed by atoms with Gasteiger partial charge in [-0.1, -0.05) is 18.5 Å². The van der Waals surface area contributed by atoms with Crippen molar-refractivity contribution in [1.29, 1.82) is 0 Å². The van der Waals surface area contributed by atoms with Gasteiger partial charge in [-0.25, -0.2) is 0 Å². The van der Waals surface area contributed by atoms with Crippen LogP contribution < -0.4 is 0 Å². The Labute approximate surface area is 98.6 Å². The fraction of sp³-hybridized carbons (Fsp3) is 0.364. The zero-order valence-electron chi connectivity index (χ0n) is 8.61. The van der Waals surface area contributed by atoms with E-state index in [0.717, 1.165) is 11.2 Å². The van der Waals surface area contributed by atoms with E-state index in [-0.39, 0.29) is 5.25 Å². The topological polar surface area (TPSA) is 37.3 Å². The first-order chi connectivity index (χ1) is 7.04. The summed E-state index contributed by atoms with van der Waals surface area (Å²) in [5.41, 5.74) is 0.608. The summed E-state index contributed by atoms with van der Waals surface area (Å²) in [7, 11) is 0. The number of aldehydes is 1. The third-order valence-electron chi connectivity index (χ3n) is 2.09. The molecule has 1 aromatic carbocycles. The minimum atomic E-state index is -0.423. The van der Waals surface area contributed by atoms with Crippen molar-refractivity contribution in [3.63, 3.8) is 0 Å². The molecule has 0 aliphatic heterocycles. The average molecular weight is 245 g/mol. The number of aliphatic hydroxyl groups is 1. The van der Waals surface area contributed by atoms with Crippen molar-refractivity contribution < 1.29 is 9.90 Å². The van der Waals surface area contributed by atoms with E-state index < -0.39 is 6.10 Å². The van der Waals surface area contributed by atoms with Crippen LogP contribution in [0.5, 0.6) is 0 Å². The summed E-state index contributed by atoms with van der Waals surface area (Å²) in [6, 6.07) is 5.11. The molecule has 2 unspecified atom stereocenters. The fourth-order valence-corrected chi connectivity index (χ4v) is 2.29. The van der Waals surface area contributed by atoms with Gasteiger partial charge in [-0.2, -0.15) is 0 Å². The molecule has 0 aromatic heterocycles. The average Bonchev–Trinajstić information content (AvgIpc) is 2.18. The monoisotopic (exact) mass is 244 g/mol. The van der Waals surface area contributed by atoms with Crippen LogP contribution in [0.3, 0.4) is 0 Å². The van der Waals surface area contributed by atoms with E-state index in [9.17, 15) is 9.90 Å². The van der Waals surface area contributed by atoms with Gasteiger partial charge in [0, 0.05) is 20.7 Å². The number of benzene rings is 1. The van der Waals surface area contributed by atoms with Crippen molar-refractivity contribution in [2.45, 2.75) is 30.1 Å². The maximum absolute atomic E-state index is 10.8. The maximum atomic E-state index is 10.8. The quantitative estimate of drug-likeness (QED) is 0.654. The molecule has 0 spiro atoms. The normalized spacial score (nSPS) is 14.7. The molecule has 0 amide bonds. The second-order valence-electron chi connectivity index (χ2n) is 3.36. The predicted octanol–water partition coefficient (Wildman–Crippen LogP) is 3.01. The third-order valence-corrected chi connectivity index (χ3v) is 3.70. The standard InChI is InChI=1S/C11H13ClO2S/c1-7(14)8(2)15-11-5-10(12)4-3-9(11)6-13/h3-8,14H,1-2H3. The number of carbonyl (C=O) groups is 1. The summed E-state index contributed by atoms with van der Waals surface area (Å²) in [6.07, 6.45) is 0.376. The van der Waals surface area contributed by atoms with Crippen LogP contribution >= 0.6 is 23.4 Å². The van der Waals surface area contributed by atoms with Crippen molar-refractivity contribution in [1.82, 2.24) is 0 Å². The maximum Gasteiger partial charge on any atom is 0.151 e. The molecular formula is C11H13ClO2S. The van der Waals surface area contributed by atoms with Crippen molar-refractivity contribution in [2.24, 2.45) is 0 Å². The first-order valence-corrected chi connectivity index (χ1v) is 5.90. The molecule has 2 atom stereocenters. The number of aliphatic hydroxyl groups excluding tert-OH is 1. The van der Waals surface area contributed by atoms with Gasteiger partial charge in [0.15, 0.2) is 6.29 Å². The van der Waals surface area contributed by atoms with Gasteiger partial charge in [-0.05, 0) is 25.1 Å². The van der Waals surface area contributed by atoms with E-state index >= 15 is 0 Å². The highest BCUT2D eigenvalue weighted by molar-refractivity contribution is 8.00. The second-order valence-corrected chi connectivity index (χ2v) is 5.22. The molecule has 2 nitrogen and oxygen atoms in total. The van der Waals surface area contributed by atoms with E-state index in [1.165, 1.54) is 11.8 Å². The van der Waals surface area contributed by atoms with Gasteiger partial charge >= 0.3 is 0 Å². The summed E-state index contributed by atoms with van der Waals surface area (Å²) in [6.45, 7) is 3.63. The Morgan fingerprint density at radius 2 is 2.13 bits per heavy atom. The molecule has 0 saturated heterocycles. The third kappa shape index (κ3) is 3.52. The molecular weight excluding hydrogens is 232 g/mol. The van der Waals surface area contributed by atoms with Gasteiger partial charge in [0.1, 0.15) is 0 Å². The van der Waals surface area contributed by atoms with E-state index in [1.807, 2.05) is 6.92 Å². The molecule has 0 aliphatic rings. The molecule has 0 bridgehead atoms. The summed E-state index contributed by atoms with van der Waals surface area (Å²) >= 11 is 7.30. The van der Waals surface area contributed by atoms with Crippen LogP contribution in [0.1, 0.15) is 24.2 Å². The molecule has 0 heterocycles. The molecule has 82 valence electrons. The summed E-state index contributed by atoms with van der Waals surface area (Å²) in [5.74, 6) is 0. The molecule has 1 rings (SSSR count). The van der Waals surface area contributed by atoms with Crippen molar-refractivity contribution in [2.75, 3.05) is 0 Å². The first-order valence-electron chi connectivity index (χ1n) is 4.64. The smallest absolute Gasteiger partial charge is 0.151 e. The zero-order valence-corrected chi connectivity index (χ0v) is 10.2. The number of hydrogen-bond donors (Lipinski definition) is 1. The van der Waals surface area contributed by atoms with Gasteiger partial charge in [-0.15, -0.1) is 11.8 Å². The number of rotatable bonds is 4. The minimum Gasteiger partial charge on any atom is -0.392 e. The van der Waals surface area contributed by atoms with Crippen LogP contribution in [0.15, 0.2) is 23.1 Å². The molecule has 0 saturated carbocycles. The molecule has 1 N–H and O–H groups in total. The van der Waals surface area contributed by atoms with Crippen molar-refractivity contribution in [3.8, 4) is 0 Å². The van der Waals surface area contributed by atoms with E-state index in [4.69, 9.17) is 11.6 Å². The molecule has 1 aromatic rings. The molecule has 15 heavy (non-hydrogen) atoms. The van der Waals surface area contributed by atoms with Crippen LogP contribution in [-0.4, -0.2) is 22.7 Å². The minimum absolute atomic E-state index is 0.0298. The van der Waals surface area contributed by atoms with Crippen LogP contribution in [0.2, 0.25) is 5.02 Å². The number of carbonyl (C=O) groups excluding carboxylic acids is 1. The van der Waals surface area contributed by atoms with E-state index in [0.29, 0.717) is 10.6 Å². The van der Waals surface area contributed by atoms with Gasteiger partial charge in [0.05, 0.1) is 6.10 Å². The summed E-state index contributed by atoms with van der Waals surface area (Å²) in [5, 5.41) is 10.0. The van der Waals surface area contributed by atoms with E-state index in [1.54, 1.807) is 25.1 Å². The summed E-state index contributed by atoms with van der Waals surface area (Å²) in [4.78, 5) is 11.6. The molecule has 0 aliphatic carbocycles. The predicted molar refractivity (Wildman–Crippen MR) is 63.8 cm³/mol. The highest BCUT2D eigenvalue weighted by Gasteiger charge is 2.13. The lowest BCUT2D eigenvalue weighted by Gasteiger charge is -2.15. The first kappa shape index (κ1) is 12.6. The van der Waals surface area contributed by atoms with Crippen LogP contribution in [-0.2, 0) is 0 Å². The molecule has 0 fully saturated rings. The Balaban J connectivity index is 2.92. The fourth-order valence-electron chi connectivity index (χ4n) is 1.01. The SMILES string of the molecule is CC(O)C(C)Sc1cc(Cl)ccc1C=O. The highest BCUT2D eigenvalue weighted by atomic mass is 35.5. The lowest BCUT2D eigenvalue weighted by Crippen LogP contribution is -2.15. The van der Waals surface area contributed by atoms with Crippen LogP contribution in [0, 0.1) is 0 Å². The Kier molecular flexibility index (Phi) is 4.64. The summed E-state index contributed by atoms with van der Waals surface area (Å²) < 4.78 is 0. The number of thioether (sulfide) groups is 1. The van der Waals surface area contributed by atoms with Crippen LogP contribution in [0.4, 0.5) is 0 Å². The Hall–Kier alpha value is -0.510. The molecule has 0 radical (unpaired) electrons. The lowest BCUT2D eigenvalue weighted by molar-refractivity contribution is 0.112. The zero-order chi connectivity index (χ0) is 11.4. The van der Waals surface area contributed by atoms with Gasteiger partial charge < -0.3 is 5.11 Å². The Bertz CT molecular complexity index is 352. The lowest BCUT2D eigenvalue weighted by atomic mass is 10.2. The van der Waals surface area contributed by atoms with Gasteiger partial charge in [-0.3, -0.25) is 4.79 Å². The number of hydrogen-bond acceptors (Lipinski definition) is 3.